The number of rotatable bonds is 9. The molecule has 8 nitrogen and oxygen atoms in total. The van der Waals surface area contributed by atoms with Crippen molar-refractivity contribution >= 4 is 39.8 Å². The van der Waals surface area contributed by atoms with Crippen molar-refractivity contribution in [3.8, 4) is 11.5 Å². The third-order valence-electron chi connectivity index (χ3n) is 4.19. The summed E-state index contributed by atoms with van der Waals surface area (Å²) in [5.74, 6) is 1.22. The number of hydrogen-bond acceptors (Lipinski definition) is 6. The number of aromatic nitrogens is 1. The normalized spacial score (nSPS) is 10.3. The van der Waals surface area contributed by atoms with Crippen LogP contribution in [-0.4, -0.2) is 30.6 Å². The predicted octanol–water partition coefficient (Wildman–Crippen LogP) is 4.77. The van der Waals surface area contributed by atoms with Gasteiger partial charge in [-0.15, -0.1) is 11.3 Å². The van der Waals surface area contributed by atoms with Gasteiger partial charge in [0, 0.05) is 17.5 Å². The summed E-state index contributed by atoms with van der Waals surface area (Å²) in [7, 11) is 1.58. The smallest absolute Gasteiger partial charge is 0.325 e. The number of anilines is 3. The molecule has 3 aromatic rings. The van der Waals surface area contributed by atoms with Gasteiger partial charge in [-0.2, -0.15) is 0 Å². The molecule has 1 heterocycles. The van der Waals surface area contributed by atoms with Gasteiger partial charge in [0.25, 0.3) is 0 Å². The maximum Gasteiger partial charge on any atom is 0.325 e. The molecule has 0 saturated heterocycles. The highest BCUT2D eigenvalue weighted by atomic mass is 32.1. The molecule has 31 heavy (non-hydrogen) atoms. The molecule has 3 amide bonds. The summed E-state index contributed by atoms with van der Waals surface area (Å²) in [5, 5.41) is 10.6. The number of amides is 3. The van der Waals surface area contributed by atoms with E-state index in [1.165, 1.54) is 11.3 Å². The monoisotopic (exact) mass is 440 g/mol. The van der Waals surface area contributed by atoms with Crippen molar-refractivity contribution in [3.05, 3.63) is 59.6 Å². The summed E-state index contributed by atoms with van der Waals surface area (Å²) in [6, 6.07) is 13.9. The number of para-hydroxylation sites is 2. The highest BCUT2D eigenvalue weighted by molar-refractivity contribution is 7.13. The van der Waals surface area contributed by atoms with E-state index in [2.05, 4.69) is 20.9 Å². The molecule has 0 bridgehead atoms. The fourth-order valence-electron chi connectivity index (χ4n) is 2.72. The number of nitrogens with zero attached hydrogens (tertiary/aromatic N) is 1. The van der Waals surface area contributed by atoms with Crippen LogP contribution in [0.25, 0.3) is 0 Å². The second-order valence-electron chi connectivity index (χ2n) is 6.43. The number of hydrogen-bond donors (Lipinski definition) is 3. The third-order valence-corrected chi connectivity index (χ3v) is 5.00. The van der Waals surface area contributed by atoms with E-state index in [-0.39, 0.29) is 12.3 Å². The molecule has 0 saturated carbocycles. The Balaban J connectivity index is 1.47. The van der Waals surface area contributed by atoms with Gasteiger partial charge in [0.05, 0.1) is 25.1 Å². The number of aryl methyl sites for hydroxylation is 1. The average molecular weight is 441 g/mol. The largest absolute Gasteiger partial charge is 0.497 e. The highest BCUT2D eigenvalue weighted by Crippen LogP contribution is 2.24. The highest BCUT2D eigenvalue weighted by Gasteiger charge is 2.11. The number of urea groups is 1. The van der Waals surface area contributed by atoms with Gasteiger partial charge in [-0.25, -0.2) is 9.78 Å². The first-order valence-corrected chi connectivity index (χ1v) is 10.6. The van der Waals surface area contributed by atoms with E-state index < -0.39 is 6.03 Å². The zero-order valence-electron chi connectivity index (χ0n) is 17.3. The molecule has 0 unspecified atom stereocenters. The van der Waals surface area contributed by atoms with Crippen LogP contribution in [0.4, 0.5) is 21.3 Å². The van der Waals surface area contributed by atoms with Crippen LogP contribution in [0.2, 0.25) is 0 Å². The zero-order valence-corrected chi connectivity index (χ0v) is 18.1. The molecule has 0 fully saturated rings. The minimum atomic E-state index is -0.392. The standard InChI is InChI=1S/C22H24N4O4S/c1-3-30-19-7-5-4-6-18(19)25-20(27)13-10-16-14-31-22(24-16)26-21(28)23-15-8-11-17(29-2)12-9-15/h4-9,11-12,14H,3,10,13H2,1-2H3,(H,25,27)(H2,23,24,26,28). The van der Waals surface area contributed by atoms with Crippen molar-refractivity contribution < 1.29 is 19.1 Å². The molecular weight excluding hydrogens is 416 g/mol. The Morgan fingerprint density at radius 3 is 2.55 bits per heavy atom. The van der Waals surface area contributed by atoms with Crippen LogP contribution in [0, 0.1) is 0 Å². The Hall–Kier alpha value is -3.59. The first-order chi connectivity index (χ1) is 15.1. The van der Waals surface area contributed by atoms with Gasteiger partial charge in [-0.05, 0) is 49.7 Å². The van der Waals surface area contributed by atoms with E-state index in [0.717, 1.165) is 5.69 Å². The van der Waals surface area contributed by atoms with Gasteiger partial charge in [-0.1, -0.05) is 12.1 Å². The molecule has 162 valence electrons. The van der Waals surface area contributed by atoms with Crippen LogP contribution >= 0.6 is 11.3 Å². The average Bonchev–Trinajstić information content (AvgIpc) is 3.21. The lowest BCUT2D eigenvalue weighted by atomic mass is 10.2. The Kier molecular flexibility index (Phi) is 7.83. The van der Waals surface area contributed by atoms with Crippen molar-refractivity contribution in [1.82, 2.24) is 4.98 Å². The molecule has 9 heteroatoms. The lowest BCUT2D eigenvalue weighted by Crippen LogP contribution is -2.19. The molecule has 0 aliphatic rings. The second kappa shape index (κ2) is 11.0. The van der Waals surface area contributed by atoms with Crippen molar-refractivity contribution in [2.24, 2.45) is 0 Å². The molecule has 1 aromatic heterocycles. The van der Waals surface area contributed by atoms with Crippen LogP contribution in [0.1, 0.15) is 19.0 Å². The summed E-state index contributed by atoms with van der Waals surface area (Å²) in [4.78, 5) is 28.8. The Labute approximate surface area is 184 Å². The maximum atomic E-state index is 12.3. The molecule has 0 radical (unpaired) electrons. The van der Waals surface area contributed by atoms with E-state index in [1.807, 2.05) is 30.5 Å². The van der Waals surface area contributed by atoms with Crippen molar-refractivity contribution in [2.75, 3.05) is 29.7 Å². The van der Waals surface area contributed by atoms with Gasteiger partial charge in [-0.3, -0.25) is 10.1 Å². The summed E-state index contributed by atoms with van der Waals surface area (Å²) >= 11 is 1.30. The summed E-state index contributed by atoms with van der Waals surface area (Å²) < 4.78 is 10.6. The van der Waals surface area contributed by atoms with Crippen LogP contribution in [0.15, 0.2) is 53.9 Å². The number of methoxy groups -OCH3 is 1. The number of nitrogens with one attached hydrogen (secondary N) is 3. The molecule has 0 spiro atoms. The molecule has 0 atom stereocenters. The SMILES string of the molecule is CCOc1ccccc1NC(=O)CCc1csc(NC(=O)Nc2ccc(OC)cc2)n1. The zero-order chi connectivity index (χ0) is 22.1. The van der Waals surface area contributed by atoms with E-state index >= 15 is 0 Å². The van der Waals surface area contributed by atoms with E-state index in [0.29, 0.717) is 41.0 Å². The van der Waals surface area contributed by atoms with Crippen molar-refractivity contribution in [2.45, 2.75) is 19.8 Å². The minimum absolute atomic E-state index is 0.132. The fourth-order valence-corrected chi connectivity index (χ4v) is 3.46. The van der Waals surface area contributed by atoms with Crippen LogP contribution in [0.3, 0.4) is 0 Å². The van der Waals surface area contributed by atoms with Crippen LogP contribution < -0.4 is 25.4 Å². The van der Waals surface area contributed by atoms with Crippen molar-refractivity contribution in [1.29, 1.82) is 0 Å². The van der Waals surface area contributed by atoms with Crippen molar-refractivity contribution in [3.63, 3.8) is 0 Å². The molecular formula is C22H24N4O4S. The van der Waals surface area contributed by atoms with E-state index in [4.69, 9.17) is 9.47 Å². The third kappa shape index (κ3) is 6.71. The van der Waals surface area contributed by atoms with Gasteiger partial charge >= 0.3 is 6.03 Å². The quantitative estimate of drug-likeness (QED) is 0.445. The Morgan fingerprint density at radius 1 is 1.03 bits per heavy atom. The second-order valence-corrected chi connectivity index (χ2v) is 7.29. The molecule has 0 aliphatic carbocycles. The lowest BCUT2D eigenvalue weighted by Gasteiger charge is -2.10. The van der Waals surface area contributed by atoms with Gasteiger partial charge < -0.3 is 20.1 Å². The Bertz CT molecular complexity index is 1020. The van der Waals surface area contributed by atoms with Crippen LogP contribution in [-0.2, 0) is 11.2 Å². The number of benzene rings is 2. The van der Waals surface area contributed by atoms with Gasteiger partial charge in [0.2, 0.25) is 5.91 Å². The summed E-state index contributed by atoms with van der Waals surface area (Å²) in [6.45, 7) is 2.41. The molecule has 3 rings (SSSR count). The fraction of sp³-hybridized carbons (Fsp3) is 0.227. The van der Waals surface area contributed by atoms with Gasteiger partial charge in [0.1, 0.15) is 11.5 Å². The van der Waals surface area contributed by atoms with E-state index in [9.17, 15) is 9.59 Å². The summed E-state index contributed by atoms with van der Waals surface area (Å²) in [5.41, 5.74) is 2.02. The number of carbonyl (C=O) groups is 2. The maximum absolute atomic E-state index is 12.3. The topological polar surface area (TPSA) is 102 Å². The minimum Gasteiger partial charge on any atom is -0.497 e. The molecule has 2 aromatic carbocycles. The number of thiazole rings is 1. The molecule has 0 aliphatic heterocycles. The molecule has 3 N–H and O–H groups in total. The first kappa shape index (κ1) is 22.1. The van der Waals surface area contributed by atoms with Gasteiger partial charge in [0.15, 0.2) is 5.13 Å². The Morgan fingerprint density at radius 2 is 1.81 bits per heavy atom. The number of ether oxygens (including phenoxy) is 2. The predicted molar refractivity (Wildman–Crippen MR) is 122 cm³/mol. The number of carbonyl (C=O) groups excluding carboxylic acids is 2. The van der Waals surface area contributed by atoms with E-state index in [1.54, 1.807) is 37.4 Å². The van der Waals surface area contributed by atoms with Crippen LogP contribution in [0.5, 0.6) is 11.5 Å². The lowest BCUT2D eigenvalue weighted by molar-refractivity contribution is -0.116. The summed E-state index contributed by atoms with van der Waals surface area (Å²) in [6.07, 6.45) is 0.725. The first-order valence-electron chi connectivity index (χ1n) is 9.75.